The molecule has 0 bridgehead atoms. The normalized spacial score (nSPS) is 14.5. The summed E-state index contributed by atoms with van der Waals surface area (Å²) in [6.45, 7) is 4.16. The van der Waals surface area contributed by atoms with Crippen LogP contribution in [0.3, 0.4) is 0 Å². The quantitative estimate of drug-likeness (QED) is 0.507. The van der Waals surface area contributed by atoms with Gasteiger partial charge in [-0.25, -0.2) is 13.1 Å². The molecule has 1 atom stereocenters. The number of esters is 1. The summed E-state index contributed by atoms with van der Waals surface area (Å²) in [6.07, 6.45) is -0.345. The second-order valence-corrected chi connectivity index (χ2v) is 7.89. The molecule has 0 radical (unpaired) electrons. The molecule has 1 aliphatic rings. The highest BCUT2D eigenvalue weighted by Gasteiger charge is 2.20. The zero-order chi connectivity index (χ0) is 20.1. The number of rotatable bonds is 8. The third kappa shape index (κ3) is 4.98. The molecule has 1 N–H and O–H groups in total. The number of carbonyl (C=O) groups excluding carboxylic acids is 1. The van der Waals surface area contributed by atoms with Crippen molar-refractivity contribution in [2.75, 3.05) is 19.8 Å². The predicted molar refractivity (Wildman–Crippen MR) is 95.4 cm³/mol. The van der Waals surface area contributed by atoms with Gasteiger partial charge in [-0.1, -0.05) is 5.16 Å². The lowest BCUT2D eigenvalue weighted by atomic mass is 10.3. The Hall–Kier alpha value is -2.66. The van der Waals surface area contributed by atoms with Gasteiger partial charge in [0.15, 0.2) is 23.4 Å². The molecular weight excluding hydrogens is 390 g/mol. The first-order chi connectivity index (χ1) is 13.3. The van der Waals surface area contributed by atoms with Gasteiger partial charge in [-0.3, -0.25) is 4.79 Å². The summed E-state index contributed by atoms with van der Waals surface area (Å²) >= 11 is 0. The molecule has 0 fully saturated rings. The summed E-state index contributed by atoms with van der Waals surface area (Å²) in [7, 11) is -3.73. The van der Waals surface area contributed by atoms with Crippen molar-refractivity contribution in [3.63, 3.8) is 0 Å². The second kappa shape index (κ2) is 8.57. The summed E-state index contributed by atoms with van der Waals surface area (Å²) < 4.78 is 48.1. The molecule has 1 aliphatic heterocycles. The minimum Gasteiger partial charge on any atom is -0.486 e. The van der Waals surface area contributed by atoms with Crippen LogP contribution in [-0.2, 0) is 19.6 Å². The number of hydrogen-bond acceptors (Lipinski definition) is 9. The van der Waals surface area contributed by atoms with Gasteiger partial charge in [0.2, 0.25) is 10.0 Å². The molecule has 0 spiro atoms. The lowest BCUT2D eigenvalue weighted by Crippen LogP contribution is -2.26. The van der Waals surface area contributed by atoms with Gasteiger partial charge >= 0.3 is 5.97 Å². The van der Waals surface area contributed by atoms with Crippen molar-refractivity contribution in [1.29, 1.82) is 0 Å². The van der Waals surface area contributed by atoms with Crippen molar-refractivity contribution in [1.82, 2.24) is 14.9 Å². The Morgan fingerprint density at radius 1 is 1.29 bits per heavy atom. The third-order valence-electron chi connectivity index (χ3n) is 3.87. The van der Waals surface area contributed by atoms with Crippen molar-refractivity contribution in [3.8, 4) is 11.5 Å². The molecule has 0 aliphatic carbocycles. The first-order valence-corrected chi connectivity index (χ1v) is 10.2. The van der Waals surface area contributed by atoms with E-state index in [4.69, 9.17) is 18.7 Å². The molecule has 3 rings (SSSR count). The zero-order valence-electron chi connectivity index (χ0n) is 15.5. The highest BCUT2D eigenvalue weighted by atomic mass is 32.2. The lowest BCUT2D eigenvalue weighted by Gasteiger charge is -2.18. The Balaban J connectivity index is 1.45. The summed E-state index contributed by atoms with van der Waals surface area (Å²) in [6, 6.07) is 4.42. The molecule has 0 saturated carbocycles. The molecule has 0 amide bonds. The van der Waals surface area contributed by atoms with Crippen LogP contribution in [0, 0.1) is 6.92 Å². The molecule has 1 aromatic carbocycles. The zero-order valence-corrected chi connectivity index (χ0v) is 16.3. The first kappa shape index (κ1) is 20.1. The maximum atomic E-state index is 12.4. The van der Waals surface area contributed by atoms with E-state index in [0.29, 0.717) is 30.5 Å². The van der Waals surface area contributed by atoms with E-state index in [1.807, 2.05) is 0 Å². The first-order valence-electron chi connectivity index (χ1n) is 8.74. The molecule has 28 heavy (non-hydrogen) atoms. The average molecular weight is 411 g/mol. The standard InChI is InChI=1S/C17H21N3O7S/c1-11(17-19-12(2)20-27-17)26-16(21)4-3-7-18-28(22,23)13-5-6-14-15(10-13)25-9-8-24-14/h5-6,10-11,18H,3-4,7-9H2,1-2H3. The van der Waals surface area contributed by atoms with Crippen LogP contribution >= 0.6 is 0 Å². The Morgan fingerprint density at radius 2 is 2.04 bits per heavy atom. The number of ether oxygens (including phenoxy) is 3. The maximum Gasteiger partial charge on any atom is 0.306 e. The number of aromatic nitrogens is 2. The minimum atomic E-state index is -3.73. The van der Waals surface area contributed by atoms with Crippen LogP contribution in [-0.4, -0.2) is 44.3 Å². The molecular formula is C17H21N3O7S. The summed E-state index contributed by atoms with van der Waals surface area (Å²) in [5.74, 6) is 1.08. The largest absolute Gasteiger partial charge is 0.486 e. The number of benzene rings is 1. The van der Waals surface area contributed by atoms with Crippen molar-refractivity contribution in [3.05, 3.63) is 29.9 Å². The number of sulfonamides is 1. The molecule has 2 heterocycles. The Labute approximate surface area is 162 Å². The van der Waals surface area contributed by atoms with E-state index in [0.717, 1.165) is 0 Å². The van der Waals surface area contributed by atoms with Crippen molar-refractivity contribution >= 4 is 16.0 Å². The number of aryl methyl sites for hydroxylation is 1. The number of nitrogens with one attached hydrogen (secondary N) is 1. The molecule has 2 aromatic rings. The van der Waals surface area contributed by atoms with Gasteiger partial charge in [-0.2, -0.15) is 4.98 Å². The minimum absolute atomic E-state index is 0.0428. The number of fused-ring (bicyclic) bond motifs is 1. The Morgan fingerprint density at radius 3 is 2.75 bits per heavy atom. The fourth-order valence-electron chi connectivity index (χ4n) is 2.50. The topological polar surface area (TPSA) is 130 Å². The molecule has 0 saturated heterocycles. The Kier molecular flexibility index (Phi) is 6.15. The average Bonchev–Trinajstić information content (AvgIpc) is 3.11. The van der Waals surface area contributed by atoms with E-state index in [1.54, 1.807) is 19.9 Å². The lowest BCUT2D eigenvalue weighted by molar-refractivity contribution is -0.149. The van der Waals surface area contributed by atoms with Gasteiger partial charge in [0, 0.05) is 19.0 Å². The number of carbonyl (C=O) groups is 1. The SMILES string of the molecule is Cc1noc(C(C)OC(=O)CCCNS(=O)(=O)c2ccc3c(c2)OCCO3)n1. The number of hydrogen-bond donors (Lipinski definition) is 1. The Bertz CT molecular complexity index is 942. The van der Waals surface area contributed by atoms with Gasteiger partial charge in [0.1, 0.15) is 13.2 Å². The van der Waals surface area contributed by atoms with E-state index in [1.165, 1.54) is 12.1 Å². The van der Waals surface area contributed by atoms with E-state index >= 15 is 0 Å². The van der Waals surface area contributed by atoms with Crippen LogP contribution in [0.5, 0.6) is 11.5 Å². The molecule has 1 unspecified atom stereocenters. The fraction of sp³-hybridized carbons (Fsp3) is 0.471. The van der Waals surface area contributed by atoms with Gasteiger partial charge in [-0.15, -0.1) is 0 Å². The number of nitrogens with zero attached hydrogens (tertiary/aromatic N) is 2. The summed E-state index contributed by atoms with van der Waals surface area (Å²) in [5, 5.41) is 3.63. The van der Waals surface area contributed by atoms with Crippen LogP contribution in [0.2, 0.25) is 0 Å². The maximum absolute atomic E-state index is 12.4. The van der Waals surface area contributed by atoms with Crippen LogP contribution in [0.1, 0.15) is 37.6 Å². The smallest absolute Gasteiger partial charge is 0.306 e. The summed E-state index contributed by atoms with van der Waals surface area (Å²) in [5.41, 5.74) is 0. The third-order valence-corrected chi connectivity index (χ3v) is 5.33. The molecule has 1 aromatic heterocycles. The van der Waals surface area contributed by atoms with Crippen molar-refractivity contribution in [2.24, 2.45) is 0 Å². The monoisotopic (exact) mass is 411 g/mol. The van der Waals surface area contributed by atoms with Crippen LogP contribution in [0.15, 0.2) is 27.6 Å². The molecule has 11 heteroatoms. The van der Waals surface area contributed by atoms with E-state index in [2.05, 4.69) is 14.9 Å². The van der Waals surface area contributed by atoms with Crippen LogP contribution < -0.4 is 14.2 Å². The fourth-order valence-corrected chi connectivity index (χ4v) is 3.59. The highest BCUT2D eigenvalue weighted by molar-refractivity contribution is 7.89. The van der Waals surface area contributed by atoms with E-state index in [-0.39, 0.29) is 30.2 Å². The molecule has 10 nitrogen and oxygen atoms in total. The van der Waals surface area contributed by atoms with Gasteiger partial charge < -0.3 is 18.7 Å². The van der Waals surface area contributed by atoms with Gasteiger partial charge in [0.25, 0.3) is 5.89 Å². The summed E-state index contributed by atoms with van der Waals surface area (Å²) in [4.78, 5) is 15.9. The second-order valence-electron chi connectivity index (χ2n) is 6.12. The molecule has 152 valence electrons. The van der Waals surface area contributed by atoms with Gasteiger partial charge in [-0.05, 0) is 32.4 Å². The highest BCUT2D eigenvalue weighted by Crippen LogP contribution is 2.32. The predicted octanol–water partition coefficient (Wildman–Crippen LogP) is 1.51. The van der Waals surface area contributed by atoms with Crippen molar-refractivity contribution < 1.29 is 31.9 Å². The van der Waals surface area contributed by atoms with E-state index < -0.39 is 22.1 Å². The van der Waals surface area contributed by atoms with Crippen LogP contribution in [0.4, 0.5) is 0 Å². The van der Waals surface area contributed by atoms with Crippen molar-refractivity contribution in [2.45, 2.75) is 37.7 Å². The van der Waals surface area contributed by atoms with E-state index in [9.17, 15) is 13.2 Å². The van der Waals surface area contributed by atoms with Crippen LogP contribution in [0.25, 0.3) is 0 Å². The van der Waals surface area contributed by atoms with Gasteiger partial charge in [0.05, 0.1) is 4.90 Å².